The highest BCUT2D eigenvalue weighted by molar-refractivity contribution is 5.90. The normalized spacial score (nSPS) is 10.1. The molecule has 0 unspecified atom stereocenters. The van der Waals surface area contributed by atoms with Crippen molar-refractivity contribution in [2.45, 2.75) is 41.5 Å². The molecule has 0 atom stereocenters. The van der Waals surface area contributed by atoms with Crippen LogP contribution >= 0.6 is 0 Å². The van der Waals surface area contributed by atoms with Crippen molar-refractivity contribution in [2.24, 2.45) is 5.41 Å². The maximum Gasteiger partial charge on any atom is 0.0850 e. The van der Waals surface area contributed by atoms with Crippen LogP contribution in [0.4, 0.5) is 0 Å². The van der Waals surface area contributed by atoms with Crippen LogP contribution < -0.4 is 0 Å². The van der Waals surface area contributed by atoms with Gasteiger partial charge in [-0.3, -0.25) is 0 Å². The molecule has 0 spiro atoms. The maximum atomic E-state index is 7.74. The lowest BCUT2D eigenvalue weighted by atomic mass is 9.81. The monoisotopic (exact) mass is 199 g/mol. The molecule has 2 nitrogen and oxygen atoms in total. The molecule has 0 saturated heterocycles. The summed E-state index contributed by atoms with van der Waals surface area (Å²) < 4.78 is 5.17. The summed E-state index contributed by atoms with van der Waals surface area (Å²) in [6, 6.07) is 0. The topological polar surface area (TPSA) is 33.1 Å². The number of ether oxygens (including phenoxy) is 1. The van der Waals surface area contributed by atoms with E-state index in [0.717, 1.165) is 5.57 Å². The third kappa shape index (κ3) is 5.18. The molecular weight excluding hydrogens is 174 g/mol. The Morgan fingerprint density at radius 3 is 2.07 bits per heavy atom. The second-order valence-electron chi connectivity index (χ2n) is 3.52. The number of hydrogen-bond donors (Lipinski definition) is 1. The highest BCUT2D eigenvalue weighted by Crippen LogP contribution is 2.25. The fourth-order valence-electron chi connectivity index (χ4n) is 0.642. The van der Waals surface area contributed by atoms with Crippen LogP contribution in [0.2, 0.25) is 0 Å². The first-order valence-electron chi connectivity index (χ1n) is 5.24. The average molecular weight is 199 g/mol. The molecule has 0 radical (unpaired) electrons. The molecule has 2 heteroatoms. The van der Waals surface area contributed by atoms with Crippen LogP contribution in [0, 0.1) is 10.8 Å². The largest absolute Gasteiger partial charge is 0.376 e. The van der Waals surface area contributed by atoms with Gasteiger partial charge in [-0.05, 0) is 13.8 Å². The molecule has 0 saturated carbocycles. The van der Waals surface area contributed by atoms with Crippen LogP contribution in [-0.2, 0) is 4.74 Å². The zero-order valence-corrected chi connectivity index (χ0v) is 10.5. The van der Waals surface area contributed by atoms with Crippen LogP contribution in [-0.4, -0.2) is 18.9 Å². The molecule has 0 heterocycles. The molecule has 84 valence electrons. The van der Waals surface area contributed by atoms with Crippen molar-refractivity contribution in [3.8, 4) is 0 Å². The molecule has 0 fully saturated rings. The number of nitrogens with one attached hydrogen (secondary N) is 1. The number of hydrogen-bond acceptors (Lipinski definition) is 2. The van der Waals surface area contributed by atoms with Crippen molar-refractivity contribution in [1.82, 2.24) is 0 Å². The molecule has 14 heavy (non-hydrogen) atoms. The van der Waals surface area contributed by atoms with Gasteiger partial charge in [-0.2, -0.15) is 0 Å². The molecule has 0 amide bonds. The van der Waals surface area contributed by atoms with Gasteiger partial charge in [-0.15, -0.1) is 0 Å². The van der Waals surface area contributed by atoms with Crippen molar-refractivity contribution < 1.29 is 4.74 Å². The van der Waals surface area contributed by atoms with E-state index in [1.165, 1.54) is 0 Å². The molecular formula is C12H25NO. The van der Waals surface area contributed by atoms with E-state index in [1.54, 1.807) is 0 Å². The second kappa shape index (κ2) is 7.74. The van der Waals surface area contributed by atoms with Gasteiger partial charge in [-0.25, -0.2) is 0 Å². The van der Waals surface area contributed by atoms with E-state index in [4.69, 9.17) is 10.1 Å². The van der Waals surface area contributed by atoms with E-state index in [2.05, 4.69) is 6.58 Å². The van der Waals surface area contributed by atoms with Crippen LogP contribution in [0.5, 0.6) is 0 Å². The van der Waals surface area contributed by atoms with E-state index in [0.29, 0.717) is 18.9 Å². The van der Waals surface area contributed by atoms with Gasteiger partial charge in [-0.1, -0.05) is 39.8 Å². The molecule has 0 aliphatic heterocycles. The minimum atomic E-state index is -0.227. The van der Waals surface area contributed by atoms with Crippen LogP contribution in [0.15, 0.2) is 12.2 Å². The Hall–Kier alpha value is -0.630. The summed E-state index contributed by atoms with van der Waals surface area (Å²) in [6.45, 7) is 16.8. The summed E-state index contributed by atoms with van der Waals surface area (Å²) in [5, 5.41) is 7.74. The van der Waals surface area contributed by atoms with Crippen LogP contribution in [0.1, 0.15) is 41.5 Å². The lowest BCUT2D eigenvalue weighted by Gasteiger charge is -2.25. The first-order chi connectivity index (χ1) is 6.42. The fourth-order valence-corrected chi connectivity index (χ4v) is 0.642. The van der Waals surface area contributed by atoms with Gasteiger partial charge in [0.2, 0.25) is 0 Å². The van der Waals surface area contributed by atoms with E-state index in [1.807, 2.05) is 41.5 Å². The van der Waals surface area contributed by atoms with Gasteiger partial charge in [0.25, 0.3) is 0 Å². The van der Waals surface area contributed by atoms with E-state index >= 15 is 0 Å². The predicted octanol–water partition coefficient (Wildman–Crippen LogP) is 3.67. The quantitative estimate of drug-likeness (QED) is 0.532. The third-order valence-electron chi connectivity index (χ3n) is 2.27. The zero-order chi connectivity index (χ0) is 11.8. The van der Waals surface area contributed by atoms with E-state index in [-0.39, 0.29) is 5.41 Å². The zero-order valence-electron chi connectivity index (χ0n) is 10.5. The van der Waals surface area contributed by atoms with Crippen molar-refractivity contribution in [1.29, 1.82) is 5.41 Å². The summed E-state index contributed by atoms with van der Waals surface area (Å²) in [5.41, 5.74) is 1.37. The SMILES string of the molecule is C=C(C)C(C)(C)C(=N)COCC.CC. The van der Waals surface area contributed by atoms with Crippen molar-refractivity contribution in [3.05, 3.63) is 12.2 Å². The van der Waals surface area contributed by atoms with Gasteiger partial charge < -0.3 is 10.1 Å². The Labute approximate surface area is 88.9 Å². The highest BCUT2D eigenvalue weighted by Gasteiger charge is 2.24. The predicted molar refractivity (Wildman–Crippen MR) is 64.2 cm³/mol. The van der Waals surface area contributed by atoms with Crippen molar-refractivity contribution in [3.63, 3.8) is 0 Å². The molecule has 0 rings (SSSR count). The summed E-state index contributed by atoms with van der Waals surface area (Å²) in [7, 11) is 0. The highest BCUT2D eigenvalue weighted by atomic mass is 16.5. The van der Waals surface area contributed by atoms with Gasteiger partial charge in [0.05, 0.1) is 6.61 Å². The Morgan fingerprint density at radius 2 is 1.79 bits per heavy atom. The van der Waals surface area contributed by atoms with Gasteiger partial charge in [0.1, 0.15) is 0 Å². The van der Waals surface area contributed by atoms with Crippen LogP contribution in [0.3, 0.4) is 0 Å². The first kappa shape index (κ1) is 15.8. The lowest BCUT2D eigenvalue weighted by Crippen LogP contribution is -2.28. The lowest BCUT2D eigenvalue weighted by molar-refractivity contribution is 0.182. The van der Waals surface area contributed by atoms with E-state index in [9.17, 15) is 0 Å². The molecule has 0 aliphatic rings. The Balaban J connectivity index is 0. The molecule has 0 aromatic carbocycles. The number of rotatable bonds is 5. The molecule has 0 bridgehead atoms. The Bertz CT molecular complexity index is 183. The summed E-state index contributed by atoms with van der Waals surface area (Å²) in [5.74, 6) is 0. The molecule has 0 aromatic rings. The van der Waals surface area contributed by atoms with Crippen molar-refractivity contribution in [2.75, 3.05) is 13.2 Å². The Kier molecular flexibility index (Phi) is 8.75. The van der Waals surface area contributed by atoms with Gasteiger partial charge in [0.15, 0.2) is 0 Å². The molecule has 1 N–H and O–H groups in total. The third-order valence-corrected chi connectivity index (χ3v) is 2.27. The Morgan fingerprint density at radius 1 is 1.36 bits per heavy atom. The number of allylic oxidation sites excluding steroid dienone is 1. The van der Waals surface area contributed by atoms with E-state index < -0.39 is 0 Å². The first-order valence-corrected chi connectivity index (χ1v) is 5.24. The minimum absolute atomic E-state index is 0.227. The van der Waals surface area contributed by atoms with Crippen LogP contribution in [0.25, 0.3) is 0 Å². The van der Waals surface area contributed by atoms with Gasteiger partial charge in [0, 0.05) is 17.7 Å². The molecule has 0 aromatic heterocycles. The van der Waals surface area contributed by atoms with Gasteiger partial charge >= 0.3 is 0 Å². The summed E-state index contributed by atoms with van der Waals surface area (Å²) in [4.78, 5) is 0. The summed E-state index contributed by atoms with van der Waals surface area (Å²) >= 11 is 0. The second-order valence-corrected chi connectivity index (χ2v) is 3.52. The average Bonchev–Trinajstić information content (AvgIpc) is 2.16. The minimum Gasteiger partial charge on any atom is -0.376 e. The molecule has 0 aliphatic carbocycles. The standard InChI is InChI=1S/C10H19NO.C2H6/c1-6-12-7-9(11)10(4,5)8(2)3;1-2/h11H,2,6-7H2,1,3-5H3;1-2H3. The fraction of sp³-hybridized carbons (Fsp3) is 0.750. The summed E-state index contributed by atoms with van der Waals surface area (Å²) in [6.07, 6.45) is 0. The smallest absolute Gasteiger partial charge is 0.0850 e. The van der Waals surface area contributed by atoms with Crippen molar-refractivity contribution >= 4 is 5.71 Å². The maximum absolute atomic E-state index is 7.74.